The first-order valence-corrected chi connectivity index (χ1v) is 11.3. The van der Waals surface area contributed by atoms with Crippen LogP contribution < -0.4 is 5.32 Å². The zero-order chi connectivity index (χ0) is 21.2. The Labute approximate surface area is 173 Å². The zero-order valence-electron chi connectivity index (χ0n) is 17.4. The van der Waals surface area contributed by atoms with E-state index >= 15 is 0 Å². The van der Waals surface area contributed by atoms with E-state index in [1.54, 1.807) is 19.2 Å². The fourth-order valence-electron chi connectivity index (χ4n) is 3.68. The van der Waals surface area contributed by atoms with Gasteiger partial charge in [0.25, 0.3) is 0 Å². The molecule has 0 bridgehead atoms. The molecular formula is C22H29N3O3S. The van der Waals surface area contributed by atoms with E-state index in [0.29, 0.717) is 5.69 Å². The number of aryl methyl sites for hydroxylation is 1. The van der Waals surface area contributed by atoms with Gasteiger partial charge in [0, 0.05) is 24.8 Å². The summed E-state index contributed by atoms with van der Waals surface area (Å²) in [6.45, 7) is 3.92. The van der Waals surface area contributed by atoms with Crippen molar-refractivity contribution < 1.29 is 13.2 Å². The van der Waals surface area contributed by atoms with Gasteiger partial charge in [-0.3, -0.25) is 9.69 Å². The first-order chi connectivity index (χ1) is 13.7. The highest BCUT2D eigenvalue weighted by Crippen LogP contribution is 2.34. The Kier molecular flexibility index (Phi) is 6.41. The first kappa shape index (κ1) is 21.5. The van der Waals surface area contributed by atoms with Crippen LogP contribution in [0.3, 0.4) is 0 Å². The average molecular weight is 416 g/mol. The molecule has 0 saturated carbocycles. The SMILES string of the molecule is CC(C)N(C)S(=O)(=O)c1ccc(NC(=O)CN(C)[C@H]2CCc3ccccc32)cc1. The third kappa shape index (κ3) is 4.69. The average Bonchev–Trinajstić information content (AvgIpc) is 3.12. The van der Waals surface area contributed by atoms with Gasteiger partial charge in [0.2, 0.25) is 15.9 Å². The van der Waals surface area contributed by atoms with Gasteiger partial charge in [0.05, 0.1) is 11.4 Å². The van der Waals surface area contributed by atoms with Gasteiger partial charge in [-0.15, -0.1) is 0 Å². The van der Waals surface area contributed by atoms with E-state index in [4.69, 9.17) is 0 Å². The molecule has 0 aromatic heterocycles. The van der Waals surface area contributed by atoms with E-state index in [-0.39, 0.29) is 29.4 Å². The number of nitrogens with zero attached hydrogens (tertiary/aromatic N) is 2. The van der Waals surface area contributed by atoms with Crippen LogP contribution in [0.2, 0.25) is 0 Å². The quantitative estimate of drug-likeness (QED) is 0.754. The van der Waals surface area contributed by atoms with Crippen LogP contribution in [0.15, 0.2) is 53.4 Å². The fourth-order valence-corrected chi connectivity index (χ4v) is 5.05. The molecule has 3 rings (SSSR count). The lowest BCUT2D eigenvalue weighted by molar-refractivity contribution is -0.117. The summed E-state index contributed by atoms with van der Waals surface area (Å²) in [4.78, 5) is 14.8. The molecular weight excluding hydrogens is 386 g/mol. The Morgan fingerprint density at radius 3 is 2.41 bits per heavy atom. The van der Waals surface area contributed by atoms with E-state index in [2.05, 4.69) is 28.4 Å². The molecule has 1 aliphatic rings. The molecule has 7 heteroatoms. The van der Waals surface area contributed by atoms with Crippen LogP contribution in [0.25, 0.3) is 0 Å². The minimum absolute atomic E-state index is 0.119. The molecule has 0 unspecified atom stereocenters. The van der Waals surface area contributed by atoms with Gasteiger partial charge >= 0.3 is 0 Å². The highest BCUT2D eigenvalue weighted by Gasteiger charge is 2.26. The second kappa shape index (κ2) is 8.65. The lowest BCUT2D eigenvalue weighted by atomic mass is 10.1. The van der Waals surface area contributed by atoms with Gasteiger partial charge < -0.3 is 5.32 Å². The van der Waals surface area contributed by atoms with Crippen LogP contribution in [0, 0.1) is 0 Å². The van der Waals surface area contributed by atoms with Crippen molar-refractivity contribution in [3.05, 3.63) is 59.7 Å². The van der Waals surface area contributed by atoms with Gasteiger partial charge in [-0.2, -0.15) is 4.31 Å². The normalized spacial score (nSPS) is 16.4. The number of hydrogen-bond acceptors (Lipinski definition) is 4. The highest BCUT2D eigenvalue weighted by molar-refractivity contribution is 7.89. The largest absolute Gasteiger partial charge is 0.325 e. The summed E-state index contributed by atoms with van der Waals surface area (Å²) in [6.07, 6.45) is 2.05. The number of anilines is 1. The second-order valence-electron chi connectivity index (χ2n) is 7.86. The Morgan fingerprint density at radius 2 is 1.76 bits per heavy atom. The summed E-state index contributed by atoms with van der Waals surface area (Å²) >= 11 is 0. The van der Waals surface area contributed by atoms with Crippen LogP contribution >= 0.6 is 0 Å². The number of nitrogens with one attached hydrogen (secondary N) is 1. The van der Waals surface area contributed by atoms with E-state index in [0.717, 1.165) is 12.8 Å². The van der Waals surface area contributed by atoms with Gasteiger partial charge in [0.15, 0.2) is 0 Å². The molecule has 156 valence electrons. The van der Waals surface area contributed by atoms with E-state index in [9.17, 15) is 13.2 Å². The topological polar surface area (TPSA) is 69.7 Å². The molecule has 0 spiro atoms. The van der Waals surface area contributed by atoms with E-state index < -0.39 is 10.0 Å². The zero-order valence-corrected chi connectivity index (χ0v) is 18.2. The number of carbonyl (C=O) groups is 1. The standard InChI is InChI=1S/C22H29N3O3S/c1-16(2)25(4)29(27,28)19-12-10-18(11-13-19)23-22(26)15-24(3)21-14-9-17-7-5-6-8-20(17)21/h5-8,10-13,16,21H,9,14-15H2,1-4H3,(H,23,26)/t21-/m0/s1. The van der Waals surface area contributed by atoms with Crippen molar-refractivity contribution in [2.75, 3.05) is 26.0 Å². The van der Waals surface area contributed by atoms with Gasteiger partial charge in [-0.1, -0.05) is 24.3 Å². The van der Waals surface area contributed by atoms with Gasteiger partial charge in [-0.25, -0.2) is 8.42 Å². The number of rotatable bonds is 7. The lowest BCUT2D eigenvalue weighted by Gasteiger charge is -2.24. The monoisotopic (exact) mass is 415 g/mol. The molecule has 1 N–H and O–H groups in total. The first-order valence-electron chi connectivity index (χ1n) is 9.86. The van der Waals surface area contributed by atoms with Crippen molar-refractivity contribution in [2.24, 2.45) is 0 Å². The minimum atomic E-state index is -3.53. The lowest BCUT2D eigenvalue weighted by Crippen LogP contribution is -2.33. The maximum atomic E-state index is 12.5. The third-order valence-electron chi connectivity index (χ3n) is 5.57. The van der Waals surface area contributed by atoms with Crippen molar-refractivity contribution in [2.45, 2.75) is 43.7 Å². The Balaban J connectivity index is 1.61. The van der Waals surface area contributed by atoms with Crippen molar-refractivity contribution in [1.29, 1.82) is 0 Å². The van der Waals surface area contributed by atoms with Crippen molar-refractivity contribution in [3.8, 4) is 0 Å². The second-order valence-corrected chi connectivity index (χ2v) is 9.85. The third-order valence-corrected chi connectivity index (χ3v) is 7.62. The smallest absolute Gasteiger partial charge is 0.243 e. The predicted molar refractivity (Wildman–Crippen MR) is 115 cm³/mol. The number of likely N-dealkylation sites (N-methyl/N-ethyl adjacent to an activating group) is 1. The molecule has 6 nitrogen and oxygen atoms in total. The number of fused-ring (bicyclic) bond motifs is 1. The summed E-state index contributed by atoms with van der Waals surface area (Å²) < 4.78 is 26.4. The fraction of sp³-hybridized carbons (Fsp3) is 0.409. The molecule has 0 fully saturated rings. The van der Waals surface area contributed by atoms with Gasteiger partial charge in [0.1, 0.15) is 0 Å². The summed E-state index contributed by atoms with van der Waals surface area (Å²) in [7, 11) is -0.00528. The van der Waals surface area contributed by atoms with E-state index in [1.807, 2.05) is 27.0 Å². The van der Waals surface area contributed by atoms with Crippen LogP contribution in [0.4, 0.5) is 5.69 Å². The predicted octanol–water partition coefficient (Wildman–Crippen LogP) is 3.27. The van der Waals surface area contributed by atoms with Crippen molar-refractivity contribution >= 4 is 21.6 Å². The van der Waals surface area contributed by atoms with Gasteiger partial charge in [-0.05, 0) is 69.1 Å². The van der Waals surface area contributed by atoms with Crippen LogP contribution in [0.1, 0.15) is 37.4 Å². The summed E-state index contributed by atoms with van der Waals surface area (Å²) in [6, 6.07) is 14.8. The summed E-state index contributed by atoms with van der Waals surface area (Å²) in [5.74, 6) is -0.119. The minimum Gasteiger partial charge on any atom is -0.325 e. The molecule has 29 heavy (non-hydrogen) atoms. The Morgan fingerprint density at radius 1 is 1.10 bits per heavy atom. The number of amides is 1. The maximum Gasteiger partial charge on any atom is 0.243 e. The van der Waals surface area contributed by atoms with Crippen molar-refractivity contribution in [3.63, 3.8) is 0 Å². The molecule has 2 aromatic rings. The van der Waals surface area contributed by atoms with Crippen LogP contribution in [-0.2, 0) is 21.2 Å². The highest BCUT2D eigenvalue weighted by atomic mass is 32.2. The molecule has 2 aromatic carbocycles. The summed E-state index contributed by atoms with van der Waals surface area (Å²) in [5, 5.41) is 2.86. The molecule has 0 heterocycles. The number of sulfonamides is 1. The molecule has 0 radical (unpaired) electrons. The maximum absolute atomic E-state index is 12.5. The van der Waals surface area contributed by atoms with Crippen molar-refractivity contribution in [1.82, 2.24) is 9.21 Å². The molecule has 0 saturated heterocycles. The van der Waals surface area contributed by atoms with Crippen LogP contribution in [-0.4, -0.2) is 50.2 Å². The number of benzene rings is 2. The molecule has 1 amide bonds. The molecule has 1 atom stereocenters. The van der Waals surface area contributed by atoms with E-state index in [1.165, 1.54) is 27.6 Å². The Bertz CT molecular complexity index is 971. The number of hydrogen-bond donors (Lipinski definition) is 1. The summed E-state index contributed by atoms with van der Waals surface area (Å²) in [5.41, 5.74) is 3.24. The Hall–Kier alpha value is -2.22. The molecule has 1 aliphatic carbocycles. The van der Waals surface area contributed by atoms with Crippen LogP contribution in [0.5, 0.6) is 0 Å². The number of carbonyl (C=O) groups excluding carboxylic acids is 1. The molecule has 0 aliphatic heterocycles.